The summed E-state index contributed by atoms with van der Waals surface area (Å²) in [5, 5.41) is 9.62. The highest BCUT2D eigenvalue weighted by atomic mass is 35.5. The summed E-state index contributed by atoms with van der Waals surface area (Å²) in [6, 6.07) is 25.9. The van der Waals surface area contributed by atoms with Crippen molar-refractivity contribution in [3.63, 3.8) is 0 Å². The minimum absolute atomic E-state index is 0.0158. The molecule has 2 amide bonds. The summed E-state index contributed by atoms with van der Waals surface area (Å²) >= 11 is 19.6. The van der Waals surface area contributed by atoms with Crippen LogP contribution in [0, 0.1) is 11.6 Å². The molecule has 3 N–H and O–H groups in total. The fraction of sp³-hybridized carbons (Fsp3) is 0.182. The molecular formula is C44H38Cl3F2N3O7S2. The third kappa shape index (κ3) is 12.3. The average Bonchev–Trinajstić information content (AvgIpc) is 4.00. The zero-order valence-electron chi connectivity index (χ0n) is 32.4. The van der Waals surface area contributed by atoms with E-state index in [-0.39, 0.29) is 68.9 Å². The summed E-state index contributed by atoms with van der Waals surface area (Å²) in [6.07, 6.45) is 5.47. The van der Waals surface area contributed by atoms with Crippen LogP contribution in [0.3, 0.4) is 0 Å². The lowest BCUT2D eigenvalue weighted by Gasteiger charge is -2.30. The topological polar surface area (TPSA) is 147 Å². The molecule has 10 nitrogen and oxygen atoms in total. The van der Waals surface area contributed by atoms with E-state index in [9.17, 15) is 28.0 Å². The average molecular weight is 929 g/mol. The predicted octanol–water partition coefficient (Wildman–Crippen LogP) is 10.9. The molecule has 8 rings (SSSR count). The molecule has 4 heterocycles. The van der Waals surface area contributed by atoms with Crippen LogP contribution in [0.25, 0.3) is 0 Å². The number of aryl methyl sites for hydroxylation is 1. The number of hydrogen-bond donors (Lipinski definition) is 2. The highest BCUT2D eigenvalue weighted by Crippen LogP contribution is 2.39. The van der Waals surface area contributed by atoms with Crippen LogP contribution in [0.5, 0.6) is 0 Å². The molecule has 6 aromatic rings. The van der Waals surface area contributed by atoms with Crippen molar-refractivity contribution in [2.24, 2.45) is 5.73 Å². The second-order valence-corrected chi connectivity index (χ2v) is 15.7. The van der Waals surface area contributed by atoms with Gasteiger partial charge in [-0.05, 0) is 78.9 Å². The number of halogens is 5. The third-order valence-corrected chi connectivity index (χ3v) is 11.9. The number of carbonyl (C=O) groups excluding carboxylic acids is 3. The monoisotopic (exact) mass is 927 g/mol. The summed E-state index contributed by atoms with van der Waals surface area (Å²) < 4.78 is 38.4. The Balaban J connectivity index is 0.000000195. The fourth-order valence-corrected chi connectivity index (χ4v) is 8.28. The molecule has 0 saturated heterocycles. The lowest BCUT2D eigenvalue weighted by atomic mass is 10.0. The molecule has 61 heavy (non-hydrogen) atoms. The Morgan fingerprint density at radius 3 is 1.61 bits per heavy atom. The van der Waals surface area contributed by atoms with Gasteiger partial charge in [0.2, 0.25) is 11.8 Å². The Morgan fingerprint density at radius 1 is 0.705 bits per heavy atom. The number of alkyl halides is 1. The highest BCUT2D eigenvalue weighted by Gasteiger charge is 2.29. The van der Waals surface area contributed by atoms with Gasteiger partial charge in [0.1, 0.15) is 23.2 Å². The number of anilines is 2. The number of Topliss-reactive ketones (excluding diaryl/α,β-unsaturated/α-hetero) is 1. The second-order valence-electron chi connectivity index (χ2n) is 12.9. The number of nitrogens with zero attached hydrogens (tertiary/aromatic N) is 2. The van der Waals surface area contributed by atoms with E-state index >= 15 is 0 Å². The molecule has 0 bridgehead atoms. The van der Waals surface area contributed by atoms with E-state index in [0.717, 1.165) is 21.3 Å². The van der Waals surface area contributed by atoms with Gasteiger partial charge in [0.15, 0.2) is 5.78 Å². The quantitative estimate of drug-likeness (QED) is 0.100. The first-order valence-electron chi connectivity index (χ1n) is 18.3. The number of carboxylic acids is 1. The number of hydrogen-bond acceptors (Lipinski definition) is 9. The van der Waals surface area contributed by atoms with E-state index < -0.39 is 17.6 Å². The van der Waals surface area contributed by atoms with Crippen LogP contribution in [-0.4, -0.2) is 46.6 Å². The Hall–Kier alpha value is -5.09. The highest BCUT2D eigenvalue weighted by molar-refractivity contribution is 8.00. The van der Waals surface area contributed by atoms with Gasteiger partial charge in [-0.1, -0.05) is 41.4 Å². The Kier molecular flexibility index (Phi) is 17.5. The molecule has 0 fully saturated rings. The maximum atomic E-state index is 14.3. The van der Waals surface area contributed by atoms with Gasteiger partial charge in [0.05, 0.1) is 60.6 Å². The van der Waals surface area contributed by atoms with Gasteiger partial charge >= 0.3 is 5.97 Å². The molecular weight excluding hydrogens is 891 g/mol. The number of furan rings is 2. The normalized spacial score (nSPS) is 12.8. The number of benzene rings is 4. The maximum Gasteiger partial charge on any atom is 0.335 e. The van der Waals surface area contributed by atoms with Crippen LogP contribution in [0.4, 0.5) is 20.2 Å². The molecule has 0 aliphatic carbocycles. The van der Waals surface area contributed by atoms with Crippen molar-refractivity contribution in [3.8, 4) is 0 Å². The maximum absolute atomic E-state index is 14.3. The van der Waals surface area contributed by atoms with Gasteiger partial charge < -0.3 is 29.5 Å². The Morgan fingerprint density at radius 2 is 1.18 bits per heavy atom. The van der Waals surface area contributed by atoms with Crippen LogP contribution in [-0.2, 0) is 35.6 Å². The molecule has 0 radical (unpaired) electrons. The van der Waals surface area contributed by atoms with Crippen LogP contribution >= 0.6 is 58.3 Å². The molecule has 4 aromatic carbocycles. The first-order valence-corrected chi connectivity index (χ1v) is 21.8. The van der Waals surface area contributed by atoms with E-state index in [4.69, 9.17) is 42.9 Å². The smallest absolute Gasteiger partial charge is 0.335 e. The molecule has 2 aromatic heterocycles. The third-order valence-electron chi connectivity index (χ3n) is 9.09. The molecule has 0 spiro atoms. The number of carbonyl (C=O) groups is 4. The first-order chi connectivity index (χ1) is 29.4. The number of fused-ring (bicyclic) bond motifs is 2. The van der Waals surface area contributed by atoms with E-state index in [1.54, 1.807) is 48.9 Å². The lowest BCUT2D eigenvalue weighted by molar-refractivity contribution is -0.117. The van der Waals surface area contributed by atoms with Crippen molar-refractivity contribution >= 4 is 93.3 Å². The van der Waals surface area contributed by atoms with Crippen molar-refractivity contribution in [3.05, 3.63) is 165 Å². The van der Waals surface area contributed by atoms with Crippen LogP contribution in [0.15, 0.2) is 128 Å². The second kappa shape index (κ2) is 22.7. The molecule has 0 saturated carbocycles. The summed E-state index contributed by atoms with van der Waals surface area (Å²) in [7, 11) is 0. The van der Waals surface area contributed by atoms with Crippen LogP contribution < -0.4 is 15.5 Å². The van der Waals surface area contributed by atoms with E-state index in [1.807, 2.05) is 24.3 Å². The van der Waals surface area contributed by atoms with Gasteiger partial charge in [-0.3, -0.25) is 14.4 Å². The standard InChI is InChI=1S/C22H17ClFNO3S.C16H11ClFNO3S.C5H7NO.CH3Cl/c23-17-4-1-5-18(24)16(17)12-25-19-11-14(6-9-21(19)29-13-22(25)27)20(26)8-7-15-3-2-10-28-15;17-11-2-1-3-12(18)10(11)7-19-13-6-9(16(21)22)4-5-14(13)23-8-15(19)20;6-4-5-2-1-3-7-5;1-2/h1-6,9-11H,7-8,12-13H2;1-6H,7-8H2,(H,21,22);1-3H,4,6H2;1H3. The summed E-state index contributed by atoms with van der Waals surface area (Å²) in [6.45, 7) is 0.468. The first kappa shape index (κ1) is 47.0. The van der Waals surface area contributed by atoms with Gasteiger partial charge in [-0.15, -0.1) is 35.1 Å². The number of thioether (sulfide) groups is 2. The molecule has 318 valence electrons. The van der Waals surface area contributed by atoms with Gasteiger partial charge in [-0.2, -0.15) is 0 Å². The zero-order valence-corrected chi connectivity index (χ0v) is 36.3. The Bertz CT molecular complexity index is 2430. The molecule has 0 unspecified atom stereocenters. The van der Waals surface area contributed by atoms with Crippen LogP contribution in [0.2, 0.25) is 10.0 Å². The van der Waals surface area contributed by atoms with Crippen molar-refractivity contribution in [2.45, 2.75) is 42.3 Å². The number of nitrogens with two attached hydrogens (primary N) is 1. The van der Waals surface area contributed by atoms with E-state index in [0.29, 0.717) is 36.3 Å². The van der Waals surface area contributed by atoms with Crippen molar-refractivity contribution in [2.75, 3.05) is 27.7 Å². The molecule has 0 atom stereocenters. The molecule has 17 heteroatoms. The number of rotatable bonds is 10. The predicted molar refractivity (Wildman–Crippen MR) is 236 cm³/mol. The number of ketones is 1. The van der Waals surface area contributed by atoms with E-state index in [1.165, 1.54) is 76.1 Å². The molecule has 2 aliphatic rings. The summed E-state index contributed by atoms with van der Waals surface area (Å²) in [4.78, 5) is 53.2. The zero-order chi connectivity index (χ0) is 44.1. The van der Waals surface area contributed by atoms with Crippen molar-refractivity contribution in [1.82, 2.24) is 0 Å². The summed E-state index contributed by atoms with van der Waals surface area (Å²) in [5.41, 5.74) is 7.32. The van der Waals surface area contributed by atoms with Crippen molar-refractivity contribution < 1.29 is 41.9 Å². The van der Waals surface area contributed by atoms with E-state index in [2.05, 4.69) is 11.6 Å². The minimum Gasteiger partial charge on any atom is -0.478 e. The van der Waals surface area contributed by atoms with Gasteiger partial charge in [0.25, 0.3) is 0 Å². The van der Waals surface area contributed by atoms with Gasteiger partial charge in [0, 0.05) is 55.8 Å². The number of amides is 2. The van der Waals surface area contributed by atoms with Crippen molar-refractivity contribution in [1.29, 1.82) is 0 Å². The largest absolute Gasteiger partial charge is 0.478 e. The van der Waals surface area contributed by atoms with Gasteiger partial charge in [-0.25, -0.2) is 13.6 Å². The minimum atomic E-state index is -1.08. The fourth-order valence-electron chi connectivity index (χ4n) is 6.01. The molecule has 2 aliphatic heterocycles. The Labute approximate surface area is 373 Å². The number of carboxylic acid groups (broad SMARTS) is 1. The number of aromatic carboxylic acids is 1. The summed E-state index contributed by atoms with van der Waals surface area (Å²) in [5.74, 6) is -0.411. The SMILES string of the molecule is CCl.NCc1ccco1.O=C(CCc1ccco1)c1ccc2c(c1)N(Cc1c(F)cccc1Cl)C(=O)CS2.O=C(O)c1ccc2c(c1)N(Cc1c(F)cccc1Cl)C(=O)CS2. The lowest BCUT2D eigenvalue weighted by Crippen LogP contribution is -2.35. The van der Waals surface area contributed by atoms with Crippen LogP contribution in [0.1, 0.15) is 49.8 Å².